The molecule has 1 aromatic rings. The minimum atomic E-state index is 0.905. The van der Waals surface area contributed by atoms with Crippen molar-refractivity contribution in [2.45, 2.75) is 13.5 Å². The van der Waals surface area contributed by atoms with E-state index in [1.165, 1.54) is 5.56 Å². The summed E-state index contributed by atoms with van der Waals surface area (Å²) in [5.41, 5.74) is 2.38. The number of hydrogen-bond donors (Lipinski definition) is 0. The molecule has 1 rings (SSSR count). The zero-order valence-corrected chi connectivity index (χ0v) is 9.22. The molecule has 0 aliphatic carbocycles. The van der Waals surface area contributed by atoms with Gasteiger partial charge in [0.2, 0.25) is 0 Å². The lowest BCUT2D eigenvalue weighted by molar-refractivity contribution is 0.400. The predicted octanol–water partition coefficient (Wildman–Crippen LogP) is 2.21. The minimum Gasteiger partial charge on any atom is -0.305 e. The van der Waals surface area contributed by atoms with Gasteiger partial charge in [-0.25, -0.2) is 4.98 Å². The summed E-state index contributed by atoms with van der Waals surface area (Å²) in [5.74, 6) is 0. The molecule has 0 atom stereocenters. The van der Waals surface area contributed by atoms with Crippen LogP contribution >= 0.6 is 15.9 Å². The normalized spacial score (nSPS) is 10.8. The smallest absolute Gasteiger partial charge is 0.106 e. The van der Waals surface area contributed by atoms with E-state index in [0.29, 0.717) is 0 Å². The summed E-state index contributed by atoms with van der Waals surface area (Å²) in [4.78, 5) is 6.45. The van der Waals surface area contributed by atoms with E-state index in [4.69, 9.17) is 0 Å². The van der Waals surface area contributed by atoms with E-state index in [0.717, 1.165) is 16.8 Å². The maximum atomic E-state index is 4.32. The third kappa shape index (κ3) is 2.57. The van der Waals surface area contributed by atoms with E-state index in [1.807, 2.05) is 13.0 Å². The Kier molecular flexibility index (Phi) is 3.23. The van der Waals surface area contributed by atoms with Crippen molar-refractivity contribution in [1.29, 1.82) is 0 Å². The molecule has 0 aliphatic rings. The van der Waals surface area contributed by atoms with Gasteiger partial charge in [-0.05, 0) is 48.6 Å². The number of rotatable bonds is 2. The lowest BCUT2D eigenvalue weighted by Crippen LogP contribution is -2.12. The summed E-state index contributed by atoms with van der Waals surface area (Å²) < 4.78 is 0.905. The fourth-order valence-electron chi connectivity index (χ4n) is 1.07. The van der Waals surface area contributed by atoms with Gasteiger partial charge in [-0.3, -0.25) is 0 Å². The van der Waals surface area contributed by atoms with Crippen molar-refractivity contribution in [3.8, 4) is 0 Å². The molecule has 1 heterocycles. The summed E-state index contributed by atoms with van der Waals surface area (Å²) in [5, 5.41) is 0. The van der Waals surface area contributed by atoms with E-state index in [9.17, 15) is 0 Å². The van der Waals surface area contributed by atoms with Crippen LogP contribution in [0.2, 0.25) is 0 Å². The van der Waals surface area contributed by atoms with E-state index in [-0.39, 0.29) is 0 Å². The van der Waals surface area contributed by atoms with Crippen molar-refractivity contribution < 1.29 is 0 Å². The van der Waals surface area contributed by atoms with E-state index in [1.54, 1.807) is 0 Å². The SMILES string of the molecule is Cc1nc(Br)ccc1CN(C)C. The molecule has 0 saturated heterocycles. The first-order valence-electron chi connectivity index (χ1n) is 3.86. The fourth-order valence-corrected chi connectivity index (χ4v) is 1.47. The maximum absolute atomic E-state index is 4.32. The molecule has 0 unspecified atom stereocenters. The molecule has 0 aliphatic heterocycles. The van der Waals surface area contributed by atoms with Crippen LogP contribution in [-0.4, -0.2) is 24.0 Å². The summed E-state index contributed by atoms with van der Waals surface area (Å²) >= 11 is 3.34. The molecule has 0 aromatic carbocycles. The maximum Gasteiger partial charge on any atom is 0.106 e. The molecule has 12 heavy (non-hydrogen) atoms. The van der Waals surface area contributed by atoms with Crippen LogP contribution in [-0.2, 0) is 6.54 Å². The number of aromatic nitrogens is 1. The monoisotopic (exact) mass is 228 g/mol. The zero-order valence-electron chi connectivity index (χ0n) is 7.63. The molecular formula is C9H13BrN2. The average Bonchev–Trinajstić information content (AvgIpc) is 1.94. The fraction of sp³-hybridized carbons (Fsp3) is 0.444. The topological polar surface area (TPSA) is 16.1 Å². The van der Waals surface area contributed by atoms with Crippen molar-refractivity contribution in [2.24, 2.45) is 0 Å². The van der Waals surface area contributed by atoms with Gasteiger partial charge in [-0.1, -0.05) is 6.07 Å². The number of halogens is 1. The number of pyridine rings is 1. The molecule has 1 aromatic heterocycles. The standard InChI is InChI=1S/C9H13BrN2/c1-7-8(6-12(2)3)4-5-9(10)11-7/h4-5H,6H2,1-3H3. The highest BCUT2D eigenvalue weighted by Crippen LogP contribution is 2.12. The third-order valence-electron chi connectivity index (χ3n) is 1.65. The lowest BCUT2D eigenvalue weighted by Gasteiger charge is -2.11. The van der Waals surface area contributed by atoms with E-state index < -0.39 is 0 Å². The Balaban J connectivity index is 2.86. The minimum absolute atomic E-state index is 0.905. The molecule has 0 bridgehead atoms. The van der Waals surface area contributed by atoms with Crippen LogP contribution in [0.5, 0.6) is 0 Å². The first kappa shape index (κ1) is 9.68. The second-order valence-electron chi connectivity index (χ2n) is 3.12. The van der Waals surface area contributed by atoms with Crippen molar-refractivity contribution in [3.63, 3.8) is 0 Å². The molecule has 2 nitrogen and oxygen atoms in total. The first-order chi connectivity index (χ1) is 5.59. The lowest BCUT2D eigenvalue weighted by atomic mass is 10.2. The Morgan fingerprint density at radius 1 is 1.42 bits per heavy atom. The van der Waals surface area contributed by atoms with Crippen molar-refractivity contribution in [1.82, 2.24) is 9.88 Å². The zero-order chi connectivity index (χ0) is 9.14. The second kappa shape index (κ2) is 4.01. The Hall–Kier alpha value is -0.410. The van der Waals surface area contributed by atoms with E-state index >= 15 is 0 Å². The Bertz CT molecular complexity index is 271. The quantitative estimate of drug-likeness (QED) is 0.723. The Morgan fingerprint density at radius 2 is 2.08 bits per heavy atom. The van der Waals surface area contributed by atoms with Crippen molar-refractivity contribution in [3.05, 3.63) is 28.0 Å². The van der Waals surface area contributed by atoms with Gasteiger partial charge in [0.1, 0.15) is 4.60 Å². The van der Waals surface area contributed by atoms with Crippen molar-refractivity contribution >= 4 is 15.9 Å². The van der Waals surface area contributed by atoms with Crippen LogP contribution in [0.25, 0.3) is 0 Å². The molecule has 0 saturated carbocycles. The molecule has 0 fully saturated rings. The van der Waals surface area contributed by atoms with Gasteiger partial charge in [0, 0.05) is 12.2 Å². The van der Waals surface area contributed by atoms with Gasteiger partial charge in [-0.2, -0.15) is 0 Å². The van der Waals surface area contributed by atoms with Crippen LogP contribution < -0.4 is 0 Å². The first-order valence-corrected chi connectivity index (χ1v) is 4.65. The van der Waals surface area contributed by atoms with Gasteiger partial charge in [0.05, 0.1) is 0 Å². The summed E-state index contributed by atoms with van der Waals surface area (Å²) in [6, 6.07) is 4.08. The predicted molar refractivity (Wildman–Crippen MR) is 54.1 cm³/mol. The summed E-state index contributed by atoms with van der Waals surface area (Å²) in [7, 11) is 4.11. The van der Waals surface area contributed by atoms with Crippen LogP contribution in [0.4, 0.5) is 0 Å². The number of hydrogen-bond acceptors (Lipinski definition) is 2. The van der Waals surface area contributed by atoms with Crippen LogP contribution in [0.3, 0.4) is 0 Å². The van der Waals surface area contributed by atoms with Gasteiger partial charge in [0.15, 0.2) is 0 Å². The van der Waals surface area contributed by atoms with Gasteiger partial charge in [0.25, 0.3) is 0 Å². The van der Waals surface area contributed by atoms with Crippen LogP contribution in [0.1, 0.15) is 11.3 Å². The Morgan fingerprint density at radius 3 is 2.58 bits per heavy atom. The largest absolute Gasteiger partial charge is 0.305 e. The van der Waals surface area contributed by atoms with Crippen LogP contribution in [0.15, 0.2) is 16.7 Å². The van der Waals surface area contributed by atoms with E-state index in [2.05, 4.69) is 46.0 Å². The average molecular weight is 229 g/mol. The number of nitrogens with zero attached hydrogens (tertiary/aromatic N) is 2. The summed E-state index contributed by atoms with van der Waals surface area (Å²) in [6.07, 6.45) is 0. The molecule has 3 heteroatoms. The van der Waals surface area contributed by atoms with Gasteiger partial charge >= 0.3 is 0 Å². The summed E-state index contributed by atoms with van der Waals surface area (Å²) in [6.45, 7) is 2.98. The third-order valence-corrected chi connectivity index (χ3v) is 2.09. The highest BCUT2D eigenvalue weighted by Gasteiger charge is 2.00. The van der Waals surface area contributed by atoms with Gasteiger partial charge in [-0.15, -0.1) is 0 Å². The number of aryl methyl sites for hydroxylation is 1. The van der Waals surface area contributed by atoms with Gasteiger partial charge < -0.3 is 4.90 Å². The molecule has 0 N–H and O–H groups in total. The molecule has 0 spiro atoms. The molecule has 0 amide bonds. The molecule has 66 valence electrons. The van der Waals surface area contributed by atoms with Crippen molar-refractivity contribution in [2.75, 3.05) is 14.1 Å². The molecular weight excluding hydrogens is 216 g/mol. The Labute approximate surface area is 81.7 Å². The van der Waals surface area contributed by atoms with Crippen LogP contribution in [0, 0.1) is 6.92 Å². The highest BCUT2D eigenvalue weighted by atomic mass is 79.9. The second-order valence-corrected chi connectivity index (χ2v) is 3.93. The highest BCUT2D eigenvalue weighted by molar-refractivity contribution is 9.10. The molecule has 0 radical (unpaired) electrons.